The summed E-state index contributed by atoms with van der Waals surface area (Å²) in [6.07, 6.45) is 0.935. The molecule has 1 aromatic carbocycles. The summed E-state index contributed by atoms with van der Waals surface area (Å²) in [7, 11) is 0. The monoisotopic (exact) mass is 505 g/mol. The molecule has 1 fully saturated rings. The molecule has 10 heteroatoms. The number of carbonyl (C=O) groups excluding carboxylic acids is 1. The standard InChI is InChI=1S/C25H26F3N3O3S/c1-15-17(5-4-10-35-2)11-21(23(32)29-14-20-13-22(30-34-20)16-8-9-16)24(33)31(15)19-7-3-6-18(12-19)25(26,27)28/h3,6-7,11-13,16H,4-5,8-10,14H2,1-2H3,(H,29,32). The molecule has 35 heavy (non-hydrogen) atoms. The van der Waals surface area contributed by atoms with Crippen molar-refractivity contribution in [2.24, 2.45) is 0 Å². The number of halogens is 3. The van der Waals surface area contributed by atoms with Crippen molar-refractivity contribution in [3.63, 3.8) is 0 Å². The lowest BCUT2D eigenvalue weighted by molar-refractivity contribution is -0.137. The van der Waals surface area contributed by atoms with E-state index in [2.05, 4.69) is 10.5 Å². The number of nitrogens with zero attached hydrogens (tertiary/aromatic N) is 2. The minimum atomic E-state index is -4.56. The maximum Gasteiger partial charge on any atom is 0.416 e. The fourth-order valence-corrected chi connectivity index (χ4v) is 4.39. The number of hydrogen-bond donors (Lipinski definition) is 1. The van der Waals surface area contributed by atoms with Crippen molar-refractivity contribution in [3.8, 4) is 5.69 Å². The molecular formula is C25H26F3N3O3S. The summed E-state index contributed by atoms with van der Waals surface area (Å²) in [5.74, 6) is 1.14. The van der Waals surface area contributed by atoms with Gasteiger partial charge in [0.2, 0.25) is 0 Å². The van der Waals surface area contributed by atoms with Gasteiger partial charge in [-0.3, -0.25) is 14.2 Å². The Kier molecular flexibility index (Phi) is 7.39. The summed E-state index contributed by atoms with van der Waals surface area (Å²) < 4.78 is 46.4. The molecule has 1 saturated carbocycles. The Morgan fingerprint density at radius 2 is 2.03 bits per heavy atom. The molecule has 1 amide bonds. The number of amides is 1. The summed E-state index contributed by atoms with van der Waals surface area (Å²) in [5, 5.41) is 6.70. The lowest BCUT2D eigenvalue weighted by Crippen LogP contribution is -2.34. The van der Waals surface area contributed by atoms with Gasteiger partial charge in [0, 0.05) is 23.4 Å². The van der Waals surface area contributed by atoms with Gasteiger partial charge in [-0.05, 0) is 74.4 Å². The number of nitrogens with one attached hydrogen (secondary N) is 1. The summed E-state index contributed by atoms with van der Waals surface area (Å²) in [4.78, 5) is 26.4. The summed E-state index contributed by atoms with van der Waals surface area (Å²) in [5.41, 5.74) is 0.489. The van der Waals surface area contributed by atoms with E-state index in [1.54, 1.807) is 30.8 Å². The molecule has 0 aliphatic heterocycles. The Labute approximate surface area is 204 Å². The van der Waals surface area contributed by atoms with Crippen LogP contribution in [0.15, 0.2) is 45.7 Å². The molecular weight excluding hydrogens is 479 g/mol. The molecule has 2 heterocycles. The van der Waals surface area contributed by atoms with Crippen LogP contribution in [0.4, 0.5) is 13.2 Å². The number of aromatic nitrogens is 2. The van der Waals surface area contributed by atoms with Gasteiger partial charge in [-0.1, -0.05) is 11.2 Å². The molecule has 6 nitrogen and oxygen atoms in total. The van der Waals surface area contributed by atoms with E-state index in [9.17, 15) is 22.8 Å². The largest absolute Gasteiger partial charge is 0.416 e. The maximum atomic E-state index is 13.4. The second-order valence-corrected chi connectivity index (χ2v) is 9.61. The first-order valence-electron chi connectivity index (χ1n) is 11.3. The summed E-state index contributed by atoms with van der Waals surface area (Å²) in [6.45, 7) is 1.74. The zero-order valence-electron chi connectivity index (χ0n) is 19.4. The van der Waals surface area contributed by atoms with Crippen molar-refractivity contribution in [1.29, 1.82) is 0 Å². The van der Waals surface area contributed by atoms with Crippen molar-refractivity contribution in [2.75, 3.05) is 12.0 Å². The predicted molar refractivity (Wildman–Crippen MR) is 128 cm³/mol. The predicted octanol–water partition coefficient (Wildman–Crippen LogP) is 5.26. The first kappa shape index (κ1) is 25.1. The van der Waals surface area contributed by atoms with Crippen LogP contribution in [0.3, 0.4) is 0 Å². The third-order valence-corrected chi connectivity index (χ3v) is 6.72. The molecule has 186 valence electrons. The zero-order valence-corrected chi connectivity index (χ0v) is 20.3. The van der Waals surface area contributed by atoms with Crippen LogP contribution in [0.5, 0.6) is 0 Å². The van der Waals surface area contributed by atoms with Crippen LogP contribution in [0.1, 0.15) is 63.8 Å². The lowest BCUT2D eigenvalue weighted by atomic mass is 10.0. The SMILES string of the molecule is CSCCCc1cc(C(=O)NCc2cc(C3CC3)no2)c(=O)n(-c2cccc(C(F)(F)F)c2)c1C. The topological polar surface area (TPSA) is 77.1 Å². The molecule has 0 bridgehead atoms. The van der Waals surface area contributed by atoms with Crippen molar-refractivity contribution in [1.82, 2.24) is 15.0 Å². The van der Waals surface area contributed by atoms with Gasteiger partial charge in [-0.2, -0.15) is 24.9 Å². The molecule has 0 spiro atoms. The van der Waals surface area contributed by atoms with Crippen LogP contribution in [0.2, 0.25) is 0 Å². The molecule has 0 atom stereocenters. The van der Waals surface area contributed by atoms with E-state index in [0.717, 1.165) is 48.4 Å². The van der Waals surface area contributed by atoms with Gasteiger partial charge in [0.15, 0.2) is 5.76 Å². The van der Waals surface area contributed by atoms with E-state index in [0.29, 0.717) is 23.8 Å². The highest BCUT2D eigenvalue weighted by molar-refractivity contribution is 7.98. The van der Waals surface area contributed by atoms with Gasteiger partial charge >= 0.3 is 6.18 Å². The summed E-state index contributed by atoms with van der Waals surface area (Å²) in [6, 6.07) is 7.91. The van der Waals surface area contributed by atoms with Crippen molar-refractivity contribution < 1.29 is 22.5 Å². The molecule has 0 saturated heterocycles. The van der Waals surface area contributed by atoms with E-state index < -0.39 is 23.2 Å². The fourth-order valence-electron chi connectivity index (χ4n) is 3.96. The lowest BCUT2D eigenvalue weighted by Gasteiger charge is -2.18. The third kappa shape index (κ3) is 5.80. The Morgan fingerprint density at radius 3 is 2.71 bits per heavy atom. The van der Waals surface area contributed by atoms with Gasteiger partial charge in [0.25, 0.3) is 11.5 Å². The van der Waals surface area contributed by atoms with Crippen LogP contribution in [-0.4, -0.2) is 27.6 Å². The molecule has 3 aromatic rings. The highest BCUT2D eigenvalue weighted by atomic mass is 32.2. The van der Waals surface area contributed by atoms with E-state index in [1.165, 1.54) is 16.7 Å². The zero-order chi connectivity index (χ0) is 25.2. The Bertz CT molecular complexity index is 1280. The molecule has 0 radical (unpaired) electrons. The number of alkyl halides is 3. The highest BCUT2D eigenvalue weighted by Crippen LogP contribution is 2.39. The normalized spacial score (nSPS) is 13.7. The van der Waals surface area contributed by atoms with E-state index in [1.807, 2.05) is 6.26 Å². The molecule has 1 N–H and O–H groups in total. The third-order valence-electron chi connectivity index (χ3n) is 6.02. The fraction of sp³-hybridized carbons (Fsp3) is 0.400. The van der Waals surface area contributed by atoms with Crippen LogP contribution >= 0.6 is 11.8 Å². The number of benzene rings is 1. The number of rotatable bonds is 9. The second-order valence-electron chi connectivity index (χ2n) is 8.63. The molecule has 0 unspecified atom stereocenters. The quantitative estimate of drug-likeness (QED) is 0.402. The van der Waals surface area contributed by atoms with Gasteiger partial charge in [-0.25, -0.2) is 0 Å². The maximum absolute atomic E-state index is 13.4. The van der Waals surface area contributed by atoms with Crippen LogP contribution < -0.4 is 10.9 Å². The van der Waals surface area contributed by atoms with Gasteiger partial charge in [0.1, 0.15) is 5.56 Å². The summed E-state index contributed by atoms with van der Waals surface area (Å²) >= 11 is 1.67. The molecule has 4 rings (SSSR count). The van der Waals surface area contributed by atoms with Crippen LogP contribution in [-0.2, 0) is 19.1 Å². The van der Waals surface area contributed by atoms with Gasteiger partial charge in [0.05, 0.1) is 17.8 Å². The average Bonchev–Trinajstić information content (AvgIpc) is 3.56. The first-order valence-corrected chi connectivity index (χ1v) is 12.7. The Morgan fingerprint density at radius 1 is 1.26 bits per heavy atom. The number of aryl methyl sites for hydroxylation is 1. The number of hydrogen-bond acceptors (Lipinski definition) is 5. The number of pyridine rings is 1. The minimum absolute atomic E-state index is 0.0528. The highest BCUT2D eigenvalue weighted by Gasteiger charge is 2.31. The van der Waals surface area contributed by atoms with Crippen LogP contribution in [0, 0.1) is 6.92 Å². The number of thioether (sulfide) groups is 1. The molecule has 1 aliphatic carbocycles. The minimum Gasteiger partial charge on any atom is -0.359 e. The van der Waals surface area contributed by atoms with E-state index >= 15 is 0 Å². The Balaban J connectivity index is 1.68. The Hall–Kier alpha value is -3.01. The van der Waals surface area contributed by atoms with Gasteiger partial charge in [-0.15, -0.1) is 0 Å². The van der Waals surface area contributed by atoms with Crippen molar-refractivity contribution in [3.05, 3.63) is 80.6 Å². The van der Waals surface area contributed by atoms with Crippen LogP contribution in [0.25, 0.3) is 5.69 Å². The molecule has 2 aromatic heterocycles. The van der Waals surface area contributed by atoms with Crippen molar-refractivity contribution in [2.45, 2.75) is 51.2 Å². The first-order chi connectivity index (χ1) is 16.7. The molecule has 1 aliphatic rings. The van der Waals surface area contributed by atoms with Gasteiger partial charge < -0.3 is 9.84 Å². The van der Waals surface area contributed by atoms with E-state index in [-0.39, 0.29) is 17.8 Å². The van der Waals surface area contributed by atoms with Crippen molar-refractivity contribution >= 4 is 17.7 Å². The smallest absolute Gasteiger partial charge is 0.359 e. The number of carbonyl (C=O) groups is 1. The average molecular weight is 506 g/mol. The van der Waals surface area contributed by atoms with E-state index in [4.69, 9.17) is 4.52 Å². The second kappa shape index (κ2) is 10.3.